The van der Waals surface area contributed by atoms with Crippen molar-refractivity contribution in [2.45, 2.75) is 0 Å². The summed E-state index contributed by atoms with van der Waals surface area (Å²) < 4.78 is 14.7. The van der Waals surface area contributed by atoms with Gasteiger partial charge in [-0.05, 0) is 95.5 Å². The van der Waals surface area contributed by atoms with Gasteiger partial charge in [-0.1, -0.05) is 121 Å². The summed E-state index contributed by atoms with van der Waals surface area (Å²) >= 11 is 0. The molecule has 0 fully saturated rings. The van der Waals surface area contributed by atoms with Crippen LogP contribution in [-0.4, -0.2) is 21.1 Å². The van der Waals surface area contributed by atoms with Crippen LogP contribution in [0.3, 0.4) is 0 Å². The minimum absolute atomic E-state index is 0.272. The summed E-state index contributed by atoms with van der Waals surface area (Å²) in [7, 11) is -0.872. The summed E-state index contributed by atoms with van der Waals surface area (Å²) in [5.74, 6) is 1.77. The van der Waals surface area contributed by atoms with Crippen LogP contribution in [0.15, 0.2) is 200 Å². The second-order valence-electron chi connectivity index (χ2n) is 17.0. The van der Waals surface area contributed by atoms with Crippen LogP contribution in [0.1, 0.15) is 0 Å². The number of fused-ring (bicyclic) bond motifs is 4. The maximum atomic E-state index is 7.33. The molecule has 63 heavy (non-hydrogen) atoms. The lowest BCUT2D eigenvalue weighted by Crippen LogP contribution is -2.67. The Kier molecular flexibility index (Phi) is 6.57. The van der Waals surface area contributed by atoms with Gasteiger partial charge in [0, 0.05) is 89.8 Å². The van der Waals surface area contributed by atoms with Gasteiger partial charge in [0.05, 0.1) is 0 Å². The van der Waals surface area contributed by atoms with Crippen LogP contribution in [0.2, 0.25) is 0 Å². The Morgan fingerprint density at radius 2 is 0.635 bits per heavy atom. The van der Waals surface area contributed by atoms with Gasteiger partial charge >= 0.3 is 21.1 Å². The largest absolute Gasteiger partial charge is 0.537 e. The highest BCUT2D eigenvalue weighted by atomic mass is 16.5. The third kappa shape index (κ3) is 4.31. The van der Waals surface area contributed by atoms with E-state index in [2.05, 4.69) is 219 Å². The maximum absolute atomic E-state index is 7.33. The predicted molar refractivity (Wildman–Crippen MR) is 260 cm³/mol. The molecular weight excluding hydrogens is 769 g/mol. The molecule has 6 aliphatic heterocycles. The fourth-order valence-corrected chi connectivity index (χ4v) is 11.6. The second kappa shape index (κ2) is 12.3. The molecule has 0 unspecified atom stereocenters. The van der Waals surface area contributed by atoms with E-state index >= 15 is 0 Å². The Hall–Kier alpha value is -8.03. The molecule has 9 aromatic rings. The first kappa shape index (κ1) is 33.7. The van der Waals surface area contributed by atoms with E-state index in [1.54, 1.807) is 0 Å². The van der Waals surface area contributed by atoms with Gasteiger partial charge in [-0.2, -0.15) is 0 Å². The molecule has 9 heteroatoms. The van der Waals surface area contributed by atoms with Crippen molar-refractivity contribution in [2.75, 3.05) is 19.2 Å². The quantitative estimate of drug-likeness (QED) is 0.165. The van der Waals surface area contributed by atoms with Crippen LogP contribution in [-0.2, 0) is 0 Å². The topological polar surface area (TPSA) is 31.4 Å². The molecule has 0 N–H and O–H groups in total. The highest BCUT2D eigenvalue weighted by Gasteiger charge is 2.58. The van der Waals surface area contributed by atoms with Crippen molar-refractivity contribution in [2.24, 2.45) is 0 Å². The summed E-state index contributed by atoms with van der Waals surface area (Å²) in [5.41, 5.74) is 22.1. The van der Waals surface area contributed by atoms with Crippen LogP contribution in [0.25, 0.3) is 44.5 Å². The minimum atomic E-state index is -0.436. The molecule has 0 bridgehead atoms. The van der Waals surface area contributed by atoms with E-state index < -0.39 is 14.1 Å². The SMILES string of the molecule is c1ccc(N2B3c4c5c(cc6c4-c4c(ccc7c4B(Oc4ccccc4-7)N6c4ccccc4)N3c3ccccc3)N(c3ccccc3)B3Oc4ccccc4-c4ccc2c-5c43)cc1. The monoisotopic (exact) mass is 802 g/mol. The van der Waals surface area contributed by atoms with E-state index in [1.165, 1.54) is 49.8 Å². The third-order valence-electron chi connectivity index (χ3n) is 14.0. The standard InChI is InChI=1S/C54H33B3N4O2/c1-5-17-34(18-6-1)58-42-31-29-40-38-25-13-15-27-46(38)62-56-52(40)48(42)50-44(60(56)36-21-9-3-10-22-36)33-45-51-49-43(59(55(58)54(50)51)35-19-7-2-8-20-35)32-30-41-39-26-14-16-28-47(39)63-57(53(41)49)61(45)37-23-11-4-12-24-37/h1-33H. The van der Waals surface area contributed by atoms with Crippen LogP contribution in [0.4, 0.5) is 45.5 Å². The summed E-state index contributed by atoms with van der Waals surface area (Å²) in [4.78, 5) is 10.1. The molecule has 6 aliphatic rings. The summed E-state index contributed by atoms with van der Waals surface area (Å²) in [5, 5.41) is 0. The molecular formula is C54H33B3N4O2. The molecule has 6 heterocycles. The molecule has 0 atom stereocenters. The van der Waals surface area contributed by atoms with Gasteiger partial charge in [0.15, 0.2) is 0 Å². The summed E-state index contributed by atoms with van der Waals surface area (Å²) in [6.07, 6.45) is 0. The van der Waals surface area contributed by atoms with E-state index in [0.717, 1.165) is 68.1 Å². The van der Waals surface area contributed by atoms with Gasteiger partial charge in [-0.25, -0.2) is 0 Å². The molecule has 6 nitrogen and oxygen atoms in total. The molecule has 0 spiro atoms. The van der Waals surface area contributed by atoms with Crippen molar-refractivity contribution in [3.63, 3.8) is 0 Å². The van der Waals surface area contributed by atoms with E-state index in [4.69, 9.17) is 9.31 Å². The van der Waals surface area contributed by atoms with Gasteiger partial charge in [-0.3, -0.25) is 0 Å². The first-order valence-electron chi connectivity index (χ1n) is 21.8. The number of hydrogen-bond donors (Lipinski definition) is 0. The molecule has 9 aromatic carbocycles. The number of benzene rings is 9. The Bertz CT molecular complexity index is 3190. The van der Waals surface area contributed by atoms with Crippen molar-refractivity contribution in [1.82, 2.24) is 0 Å². The lowest BCUT2D eigenvalue weighted by atomic mass is 9.46. The Morgan fingerprint density at radius 3 is 1.05 bits per heavy atom. The molecule has 15 rings (SSSR count). The number of rotatable bonds is 4. The summed E-state index contributed by atoms with van der Waals surface area (Å²) in [6, 6.07) is 72.5. The van der Waals surface area contributed by atoms with Crippen LogP contribution >= 0.6 is 0 Å². The van der Waals surface area contributed by atoms with E-state index in [9.17, 15) is 0 Å². The zero-order valence-electron chi connectivity index (χ0n) is 33.9. The molecule has 0 amide bonds. The van der Waals surface area contributed by atoms with Gasteiger partial charge in [0.1, 0.15) is 11.5 Å². The Labute approximate surface area is 366 Å². The fraction of sp³-hybridized carbons (Fsp3) is 0. The molecule has 0 aromatic heterocycles. The van der Waals surface area contributed by atoms with Crippen molar-refractivity contribution in [3.05, 3.63) is 200 Å². The normalized spacial score (nSPS) is 14.7. The van der Waals surface area contributed by atoms with Gasteiger partial charge < -0.3 is 28.6 Å². The van der Waals surface area contributed by atoms with E-state index in [-0.39, 0.29) is 6.98 Å². The van der Waals surface area contributed by atoms with Crippen molar-refractivity contribution in [3.8, 4) is 56.0 Å². The zero-order chi connectivity index (χ0) is 40.9. The lowest BCUT2D eigenvalue weighted by Gasteiger charge is -2.54. The fourth-order valence-electron chi connectivity index (χ4n) is 11.6. The number of para-hydroxylation sites is 6. The first-order valence-corrected chi connectivity index (χ1v) is 21.8. The van der Waals surface area contributed by atoms with Gasteiger partial charge in [-0.15, -0.1) is 0 Å². The third-order valence-corrected chi connectivity index (χ3v) is 14.0. The van der Waals surface area contributed by atoms with Crippen LogP contribution < -0.4 is 44.9 Å². The average molecular weight is 802 g/mol. The van der Waals surface area contributed by atoms with Crippen molar-refractivity contribution < 1.29 is 9.31 Å². The summed E-state index contributed by atoms with van der Waals surface area (Å²) in [6.45, 7) is -0.272. The number of anilines is 8. The molecule has 290 valence electrons. The number of nitrogens with zero attached hydrogens (tertiary/aromatic N) is 4. The maximum Gasteiger partial charge on any atom is 0.525 e. The Morgan fingerprint density at radius 1 is 0.286 bits per heavy atom. The van der Waals surface area contributed by atoms with Crippen LogP contribution in [0, 0.1) is 0 Å². The van der Waals surface area contributed by atoms with Crippen LogP contribution in [0.5, 0.6) is 11.5 Å². The lowest BCUT2D eigenvalue weighted by molar-refractivity contribution is 0.577. The van der Waals surface area contributed by atoms with Crippen molar-refractivity contribution in [1.29, 1.82) is 0 Å². The van der Waals surface area contributed by atoms with Gasteiger partial charge in [0.2, 0.25) is 0 Å². The molecule has 0 radical (unpaired) electrons. The van der Waals surface area contributed by atoms with E-state index in [0.29, 0.717) is 0 Å². The molecule has 0 saturated heterocycles. The van der Waals surface area contributed by atoms with Crippen molar-refractivity contribution >= 4 is 83.0 Å². The predicted octanol–water partition coefficient (Wildman–Crippen LogP) is 10.8. The number of hydrogen-bond acceptors (Lipinski definition) is 6. The van der Waals surface area contributed by atoms with E-state index in [1.807, 2.05) is 0 Å². The highest BCUT2D eigenvalue weighted by Crippen LogP contribution is 2.59. The molecule has 0 saturated carbocycles. The second-order valence-corrected chi connectivity index (χ2v) is 17.0. The highest BCUT2D eigenvalue weighted by molar-refractivity contribution is 6.90. The smallest absolute Gasteiger partial charge is 0.525 e. The first-order chi connectivity index (χ1) is 31.3. The van der Waals surface area contributed by atoms with Gasteiger partial charge in [0.25, 0.3) is 0 Å². The minimum Gasteiger partial charge on any atom is -0.537 e. The Balaban J connectivity index is 1.17. The zero-order valence-corrected chi connectivity index (χ0v) is 33.9. The molecule has 0 aliphatic carbocycles. The average Bonchev–Trinajstić information content (AvgIpc) is 3.35.